The molecule has 3 rings (SSSR count). The van der Waals surface area contributed by atoms with Crippen molar-refractivity contribution in [3.8, 4) is 11.5 Å². The van der Waals surface area contributed by atoms with Crippen molar-refractivity contribution in [2.45, 2.75) is 19.3 Å². The van der Waals surface area contributed by atoms with Gasteiger partial charge in [0.1, 0.15) is 15.9 Å². The van der Waals surface area contributed by atoms with Gasteiger partial charge in [0, 0.05) is 5.56 Å². The lowest BCUT2D eigenvalue weighted by Gasteiger charge is -2.10. The molecular weight excluding hydrogens is 358 g/mol. The predicted molar refractivity (Wildman–Crippen MR) is 99.9 cm³/mol. The SMILES string of the molecule is CCc1nnc([C@H]2C(=N)S/C(=C\c3cccc(OC)c3OC)C2=O)s1. The van der Waals surface area contributed by atoms with Crippen LogP contribution in [0.15, 0.2) is 23.1 Å². The van der Waals surface area contributed by atoms with Gasteiger partial charge < -0.3 is 9.47 Å². The number of allylic oxidation sites excluding steroid dienone is 1. The maximum absolute atomic E-state index is 12.8. The molecule has 1 atom stereocenters. The molecule has 1 N–H and O–H groups in total. The number of carbonyl (C=O) groups is 1. The van der Waals surface area contributed by atoms with E-state index in [-0.39, 0.29) is 10.8 Å². The Morgan fingerprint density at radius 3 is 2.72 bits per heavy atom. The molecule has 0 amide bonds. The van der Waals surface area contributed by atoms with E-state index in [0.29, 0.717) is 21.4 Å². The molecule has 2 heterocycles. The van der Waals surface area contributed by atoms with E-state index in [0.717, 1.165) is 28.8 Å². The Morgan fingerprint density at radius 1 is 1.28 bits per heavy atom. The third-order valence-electron chi connectivity index (χ3n) is 3.74. The van der Waals surface area contributed by atoms with Crippen LogP contribution >= 0.6 is 23.1 Å². The molecule has 130 valence electrons. The number of aryl methyl sites for hydroxylation is 1. The molecule has 2 aromatic rings. The van der Waals surface area contributed by atoms with Gasteiger partial charge in [0.25, 0.3) is 0 Å². The summed E-state index contributed by atoms with van der Waals surface area (Å²) >= 11 is 2.55. The molecule has 1 saturated heterocycles. The van der Waals surface area contributed by atoms with E-state index in [1.807, 2.05) is 19.1 Å². The second kappa shape index (κ2) is 7.37. The number of ether oxygens (including phenoxy) is 2. The van der Waals surface area contributed by atoms with Gasteiger partial charge in [-0.05, 0) is 18.6 Å². The van der Waals surface area contributed by atoms with Gasteiger partial charge >= 0.3 is 0 Å². The number of ketones is 1. The van der Waals surface area contributed by atoms with E-state index < -0.39 is 5.92 Å². The van der Waals surface area contributed by atoms with Crippen molar-refractivity contribution in [1.82, 2.24) is 10.2 Å². The van der Waals surface area contributed by atoms with E-state index in [2.05, 4.69) is 10.2 Å². The molecule has 0 radical (unpaired) electrons. The topological polar surface area (TPSA) is 85.2 Å². The average Bonchev–Trinajstić information content (AvgIpc) is 3.19. The number of thioether (sulfide) groups is 1. The molecule has 1 aromatic heterocycles. The van der Waals surface area contributed by atoms with Crippen LogP contribution < -0.4 is 9.47 Å². The van der Waals surface area contributed by atoms with Crippen LogP contribution in [-0.4, -0.2) is 35.2 Å². The number of hydrogen-bond donors (Lipinski definition) is 1. The summed E-state index contributed by atoms with van der Waals surface area (Å²) in [6.07, 6.45) is 2.51. The Hall–Kier alpha value is -2.19. The number of aromatic nitrogens is 2. The first-order chi connectivity index (χ1) is 12.1. The fourth-order valence-corrected chi connectivity index (χ4v) is 4.45. The number of rotatable bonds is 5. The van der Waals surface area contributed by atoms with Gasteiger partial charge in [-0.2, -0.15) is 0 Å². The Kier molecular flexibility index (Phi) is 5.19. The number of benzene rings is 1. The van der Waals surface area contributed by atoms with Crippen LogP contribution in [0.25, 0.3) is 6.08 Å². The van der Waals surface area contributed by atoms with Crippen LogP contribution in [0.1, 0.15) is 28.4 Å². The number of nitrogens with zero attached hydrogens (tertiary/aromatic N) is 2. The molecule has 0 unspecified atom stereocenters. The first-order valence-electron chi connectivity index (χ1n) is 7.64. The highest BCUT2D eigenvalue weighted by molar-refractivity contribution is 8.19. The Morgan fingerprint density at radius 2 is 2.08 bits per heavy atom. The zero-order chi connectivity index (χ0) is 18.0. The monoisotopic (exact) mass is 375 g/mol. The van der Waals surface area contributed by atoms with Crippen molar-refractivity contribution < 1.29 is 14.3 Å². The largest absolute Gasteiger partial charge is 0.493 e. The third kappa shape index (κ3) is 3.32. The summed E-state index contributed by atoms with van der Waals surface area (Å²) in [7, 11) is 3.12. The van der Waals surface area contributed by atoms with Gasteiger partial charge in [-0.1, -0.05) is 30.8 Å². The zero-order valence-corrected chi connectivity index (χ0v) is 15.7. The molecule has 0 aliphatic carbocycles. The maximum atomic E-state index is 12.8. The van der Waals surface area contributed by atoms with Crippen LogP contribution in [0.5, 0.6) is 11.5 Å². The highest BCUT2D eigenvalue weighted by atomic mass is 32.2. The van der Waals surface area contributed by atoms with Gasteiger partial charge in [-0.25, -0.2) is 0 Å². The number of methoxy groups -OCH3 is 2. The maximum Gasteiger partial charge on any atom is 0.186 e. The average molecular weight is 375 g/mol. The summed E-state index contributed by atoms with van der Waals surface area (Å²) in [5.41, 5.74) is 0.734. The van der Waals surface area contributed by atoms with Gasteiger partial charge in [-0.15, -0.1) is 21.5 Å². The van der Waals surface area contributed by atoms with Crippen molar-refractivity contribution >= 4 is 40.0 Å². The molecule has 0 bridgehead atoms. The highest BCUT2D eigenvalue weighted by Gasteiger charge is 2.39. The summed E-state index contributed by atoms with van der Waals surface area (Å²) in [5, 5.41) is 18.1. The number of carbonyl (C=O) groups excluding carboxylic acids is 1. The lowest BCUT2D eigenvalue weighted by Crippen LogP contribution is -2.11. The van der Waals surface area contributed by atoms with Crippen molar-refractivity contribution in [3.05, 3.63) is 38.7 Å². The summed E-state index contributed by atoms with van der Waals surface area (Å²) in [5.74, 6) is 0.380. The molecule has 1 aliphatic rings. The molecular formula is C17H17N3O3S2. The van der Waals surface area contributed by atoms with Crippen LogP contribution in [0.2, 0.25) is 0 Å². The molecule has 1 aliphatic heterocycles. The minimum atomic E-state index is -0.648. The molecule has 1 aromatic carbocycles. The standard InChI is InChI=1S/C17H17N3O3S2/c1-4-12-19-20-17(25-12)13-14(21)11(24-16(13)18)8-9-6-5-7-10(22-2)15(9)23-3/h5-8,13,18H,4H2,1-3H3/b11-8-,18-16?/t13-/m1/s1. The second-order valence-electron chi connectivity index (χ2n) is 5.24. The molecule has 25 heavy (non-hydrogen) atoms. The van der Waals surface area contributed by atoms with Gasteiger partial charge in [0.05, 0.1) is 24.2 Å². The van der Waals surface area contributed by atoms with E-state index in [1.165, 1.54) is 11.3 Å². The van der Waals surface area contributed by atoms with E-state index >= 15 is 0 Å². The van der Waals surface area contributed by atoms with Gasteiger partial charge in [-0.3, -0.25) is 10.2 Å². The fraction of sp³-hybridized carbons (Fsp3) is 0.294. The number of Topliss-reactive ketones (excluding diaryl/α,β-unsaturated/α-hetero) is 1. The van der Waals surface area contributed by atoms with Crippen LogP contribution in [-0.2, 0) is 11.2 Å². The van der Waals surface area contributed by atoms with Crippen molar-refractivity contribution in [2.75, 3.05) is 14.2 Å². The molecule has 8 heteroatoms. The lowest BCUT2D eigenvalue weighted by atomic mass is 10.0. The summed E-state index contributed by atoms with van der Waals surface area (Å²) in [4.78, 5) is 13.3. The van der Waals surface area contributed by atoms with E-state index in [1.54, 1.807) is 26.4 Å². The minimum absolute atomic E-state index is 0.126. The third-order valence-corrected chi connectivity index (χ3v) is 5.87. The molecule has 0 spiro atoms. The Labute approximate surface area is 153 Å². The smallest absolute Gasteiger partial charge is 0.186 e. The Bertz CT molecular complexity index is 861. The predicted octanol–water partition coefficient (Wildman–Crippen LogP) is 3.54. The fourth-order valence-electron chi connectivity index (χ4n) is 2.51. The molecule has 0 saturated carbocycles. The van der Waals surface area contributed by atoms with E-state index in [9.17, 15) is 4.79 Å². The molecule has 6 nitrogen and oxygen atoms in total. The number of nitrogens with one attached hydrogen (secondary N) is 1. The van der Waals surface area contributed by atoms with E-state index in [4.69, 9.17) is 14.9 Å². The van der Waals surface area contributed by atoms with Crippen molar-refractivity contribution in [2.24, 2.45) is 0 Å². The van der Waals surface area contributed by atoms with Crippen molar-refractivity contribution in [1.29, 1.82) is 5.41 Å². The van der Waals surface area contributed by atoms with Gasteiger partial charge in [0.15, 0.2) is 17.3 Å². The number of hydrogen-bond acceptors (Lipinski definition) is 8. The summed E-state index contributed by atoms with van der Waals surface area (Å²) < 4.78 is 10.7. The quantitative estimate of drug-likeness (QED) is 0.805. The minimum Gasteiger partial charge on any atom is -0.493 e. The summed E-state index contributed by atoms with van der Waals surface area (Å²) in [6, 6.07) is 5.47. The van der Waals surface area contributed by atoms with Crippen LogP contribution in [0.3, 0.4) is 0 Å². The first-order valence-corrected chi connectivity index (χ1v) is 9.27. The first kappa shape index (κ1) is 17.6. The lowest BCUT2D eigenvalue weighted by molar-refractivity contribution is -0.114. The number of para-hydroxylation sites is 1. The second-order valence-corrected chi connectivity index (χ2v) is 7.42. The zero-order valence-electron chi connectivity index (χ0n) is 14.0. The normalized spacial score (nSPS) is 18.8. The van der Waals surface area contributed by atoms with Crippen molar-refractivity contribution in [3.63, 3.8) is 0 Å². The highest BCUT2D eigenvalue weighted by Crippen LogP contribution is 2.43. The Balaban J connectivity index is 1.96. The molecule has 1 fully saturated rings. The van der Waals surface area contributed by atoms with Crippen LogP contribution in [0, 0.1) is 5.41 Å². The summed E-state index contributed by atoms with van der Waals surface area (Å²) in [6.45, 7) is 1.99. The van der Waals surface area contributed by atoms with Gasteiger partial charge in [0.2, 0.25) is 0 Å². The van der Waals surface area contributed by atoms with Crippen LogP contribution in [0.4, 0.5) is 0 Å².